The Morgan fingerprint density at radius 2 is 2.14 bits per heavy atom. The van der Waals surface area contributed by atoms with Crippen LogP contribution in [0.3, 0.4) is 0 Å². The molecule has 1 heterocycles. The number of guanidine groups is 1. The fraction of sp³-hybridized carbons (Fsp3) is 0.667. The third-order valence-electron chi connectivity index (χ3n) is 3.20. The number of nitrogens with one attached hydrogen (secondary N) is 1. The van der Waals surface area contributed by atoms with Crippen molar-refractivity contribution in [3.8, 4) is 0 Å². The zero-order chi connectivity index (χ0) is 15.0. The Morgan fingerprint density at radius 3 is 2.67 bits per heavy atom. The molecule has 3 N–H and O–H groups in total. The lowest BCUT2D eigenvalue weighted by atomic mass is 10.0. The van der Waals surface area contributed by atoms with Crippen LogP contribution in [-0.2, 0) is 6.42 Å². The second kappa shape index (κ2) is 11.3. The molecule has 0 fully saturated rings. The number of hydrogen-bond acceptors (Lipinski definition) is 3. The molecule has 1 rings (SSSR count). The molecule has 0 spiro atoms. The number of thiophene rings is 1. The van der Waals surface area contributed by atoms with Crippen molar-refractivity contribution in [3.63, 3.8) is 0 Å². The molecule has 0 bridgehead atoms. The van der Waals surface area contributed by atoms with Gasteiger partial charge < -0.3 is 16.0 Å². The van der Waals surface area contributed by atoms with Crippen molar-refractivity contribution in [1.29, 1.82) is 0 Å². The van der Waals surface area contributed by atoms with Gasteiger partial charge in [0.25, 0.3) is 0 Å². The molecule has 0 aromatic carbocycles. The van der Waals surface area contributed by atoms with Gasteiger partial charge in [0.1, 0.15) is 0 Å². The Labute approximate surface area is 150 Å². The average Bonchev–Trinajstić information content (AvgIpc) is 2.86. The van der Waals surface area contributed by atoms with Crippen molar-refractivity contribution in [2.24, 2.45) is 16.6 Å². The fourth-order valence-electron chi connectivity index (χ4n) is 2.02. The zero-order valence-electron chi connectivity index (χ0n) is 13.5. The summed E-state index contributed by atoms with van der Waals surface area (Å²) in [6.45, 7) is 6.07. The summed E-state index contributed by atoms with van der Waals surface area (Å²) in [6.07, 6.45) is 2.13. The molecule has 0 radical (unpaired) electrons. The molecule has 1 unspecified atom stereocenters. The summed E-state index contributed by atoms with van der Waals surface area (Å²) in [5.74, 6) is 1.22. The number of nitrogens with zero attached hydrogens (tertiary/aromatic N) is 2. The van der Waals surface area contributed by atoms with E-state index in [9.17, 15) is 0 Å². The molecule has 0 aliphatic carbocycles. The van der Waals surface area contributed by atoms with E-state index in [4.69, 9.17) is 5.73 Å². The van der Waals surface area contributed by atoms with Gasteiger partial charge in [-0.25, -0.2) is 0 Å². The van der Waals surface area contributed by atoms with Crippen LogP contribution in [0.2, 0.25) is 0 Å². The lowest BCUT2D eigenvalue weighted by Crippen LogP contribution is -2.37. The average molecular weight is 424 g/mol. The highest BCUT2D eigenvalue weighted by Crippen LogP contribution is 2.09. The minimum absolute atomic E-state index is 0. The van der Waals surface area contributed by atoms with E-state index in [2.05, 4.69) is 60.7 Å². The van der Waals surface area contributed by atoms with Crippen LogP contribution < -0.4 is 11.1 Å². The number of likely N-dealkylation sites (N-methyl/N-ethyl adjacent to an activating group) is 1. The van der Waals surface area contributed by atoms with Crippen LogP contribution in [0.1, 0.15) is 25.1 Å². The molecule has 21 heavy (non-hydrogen) atoms. The van der Waals surface area contributed by atoms with Crippen LogP contribution in [-0.4, -0.2) is 44.1 Å². The largest absolute Gasteiger partial charge is 0.370 e. The van der Waals surface area contributed by atoms with Crippen molar-refractivity contribution in [1.82, 2.24) is 10.2 Å². The van der Waals surface area contributed by atoms with Crippen LogP contribution in [0.5, 0.6) is 0 Å². The summed E-state index contributed by atoms with van der Waals surface area (Å²) < 4.78 is 0. The number of rotatable bonds is 8. The quantitative estimate of drug-likeness (QED) is 0.384. The number of nitrogens with two attached hydrogens (primary N) is 1. The second-order valence-corrected chi connectivity index (χ2v) is 6.76. The molecular weight excluding hydrogens is 395 g/mol. The second-order valence-electron chi connectivity index (χ2n) is 5.73. The zero-order valence-corrected chi connectivity index (χ0v) is 16.7. The van der Waals surface area contributed by atoms with Crippen molar-refractivity contribution in [3.05, 3.63) is 22.4 Å². The van der Waals surface area contributed by atoms with Crippen LogP contribution in [0, 0.1) is 5.92 Å². The molecule has 0 saturated carbocycles. The van der Waals surface area contributed by atoms with Gasteiger partial charge >= 0.3 is 0 Å². The van der Waals surface area contributed by atoms with Crippen LogP contribution >= 0.6 is 35.3 Å². The highest BCUT2D eigenvalue weighted by molar-refractivity contribution is 14.0. The highest BCUT2D eigenvalue weighted by atomic mass is 127. The Hall–Kier alpha value is -0.340. The molecular formula is C15H29IN4S. The summed E-state index contributed by atoms with van der Waals surface area (Å²) in [5, 5.41) is 5.28. The lowest BCUT2D eigenvalue weighted by Gasteiger charge is -2.24. The predicted octanol–water partition coefficient (Wildman–Crippen LogP) is 2.79. The molecule has 4 nitrogen and oxygen atoms in total. The van der Waals surface area contributed by atoms with Gasteiger partial charge in [0.2, 0.25) is 0 Å². The van der Waals surface area contributed by atoms with E-state index in [1.54, 1.807) is 11.3 Å². The van der Waals surface area contributed by atoms with Crippen molar-refractivity contribution < 1.29 is 0 Å². The first kappa shape index (κ1) is 20.7. The van der Waals surface area contributed by atoms with Gasteiger partial charge in [0.15, 0.2) is 5.96 Å². The molecule has 6 heteroatoms. The van der Waals surface area contributed by atoms with Gasteiger partial charge in [-0.1, -0.05) is 19.9 Å². The highest BCUT2D eigenvalue weighted by Gasteiger charge is 2.12. The Bertz CT molecular complexity index is 390. The standard InChI is InChI=1S/C15H28N4S.HI/c1-12(2)10-13(19(3)4)11-18-15(16)17-8-7-14-6-5-9-20-14;/h5-6,9,12-13H,7-8,10-11H2,1-4H3,(H3,16,17,18);1H. The molecule has 1 aromatic heterocycles. The van der Waals surface area contributed by atoms with Crippen molar-refractivity contribution in [2.75, 3.05) is 27.2 Å². The Balaban J connectivity index is 0.00000400. The Morgan fingerprint density at radius 1 is 1.43 bits per heavy atom. The van der Waals surface area contributed by atoms with Crippen LogP contribution in [0.25, 0.3) is 0 Å². The Kier molecular flexibility index (Phi) is 11.1. The smallest absolute Gasteiger partial charge is 0.188 e. The monoisotopic (exact) mass is 424 g/mol. The van der Waals surface area contributed by atoms with Gasteiger partial charge in [-0.2, -0.15) is 0 Å². The molecule has 1 aromatic rings. The van der Waals surface area contributed by atoms with E-state index in [-0.39, 0.29) is 24.0 Å². The maximum Gasteiger partial charge on any atom is 0.188 e. The minimum Gasteiger partial charge on any atom is -0.370 e. The van der Waals surface area contributed by atoms with E-state index < -0.39 is 0 Å². The molecule has 0 aliphatic heterocycles. The van der Waals surface area contributed by atoms with E-state index >= 15 is 0 Å². The van der Waals surface area contributed by atoms with Gasteiger partial charge in [-0.3, -0.25) is 4.99 Å². The SMILES string of the molecule is CC(C)CC(CN=C(N)NCCc1cccs1)N(C)C.I. The summed E-state index contributed by atoms with van der Waals surface area (Å²) in [6, 6.07) is 4.67. The van der Waals surface area contributed by atoms with Gasteiger partial charge in [0, 0.05) is 17.5 Å². The van der Waals surface area contributed by atoms with Crippen molar-refractivity contribution >= 4 is 41.3 Å². The molecule has 0 saturated heterocycles. The summed E-state index contributed by atoms with van der Waals surface area (Å²) >= 11 is 1.78. The van der Waals surface area contributed by atoms with E-state index in [0.29, 0.717) is 17.9 Å². The minimum atomic E-state index is 0. The van der Waals surface area contributed by atoms with Gasteiger partial charge in [-0.05, 0) is 44.3 Å². The predicted molar refractivity (Wildman–Crippen MR) is 105 cm³/mol. The summed E-state index contributed by atoms with van der Waals surface area (Å²) in [4.78, 5) is 8.06. The van der Waals surface area contributed by atoms with Crippen LogP contribution in [0.15, 0.2) is 22.5 Å². The third kappa shape index (κ3) is 9.31. The van der Waals surface area contributed by atoms with E-state index in [1.807, 2.05) is 0 Å². The van der Waals surface area contributed by atoms with Crippen LogP contribution in [0.4, 0.5) is 0 Å². The van der Waals surface area contributed by atoms with E-state index in [1.165, 1.54) is 4.88 Å². The number of aliphatic imine (C=N–C) groups is 1. The molecule has 122 valence electrons. The first-order valence-electron chi connectivity index (χ1n) is 7.21. The maximum absolute atomic E-state index is 5.92. The van der Waals surface area contributed by atoms with Gasteiger partial charge in [0.05, 0.1) is 6.54 Å². The van der Waals surface area contributed by atoms with Gasteiger partial charge in [-0.15, -0.1) is 35.3 Å². The fourth-order valence-corrected chi connectivity index (χ4v) is 2.73. The third-order valence-corrected chi connectivity index (χ3v) is 4.14. The normalized spacial score (nSPS) is 13.3. The summed E-state index contributed by atoms with van der Waals surface area (Å²) in [5.41, 5.74) is 5.92. The number of hydrogen-bond donors (Lipinski definition) is 2. The van der Waals surface area contributed by atoms with Crippen molar-refractivity contribution in [2.45, 2.75) is 32.7 Å². The first-order valence-corrected chi connectivity index (χ1v) is 8.09. The molecule has 0 aliphatic rings. The topological polar surface area (TPSA) is 53.6 Å². The summed E-state index contributed by atoms with van der Waals surface area (Å²) in [7, 11) is 4.20. The molecule has 1 atom stereocenters. The maximum atomic E-state index is 5.92. The molecule has 0 amide bonds. The number of halogens is 1. The van der Waals surface area contributed by atoms with E-state index in [0.717, 1.165) is 25.9 Å². The lowest BCUT2D eigenvalue weighted by molar-refractivity contribution is 0.261. The first-order chi connectivity index (χ1) is 9.49.